The highest BCUT2D eigenvalue weighted by molar-refractivity contribution is 5.56. The van der Waals surface area contributed by atoms with Crippen molar-refractivity contribution in [1.82, 2.24) is 5.32 Å². The maximum atomic E-state index is 5.89. The van der Waals surface area contributed by atoms with E-state index in [4.69, 9.17) is 14.2 Å². The van der Waals surface area contributed by atoms with Gasteiger partial charge < -0.3 is 19.5 Å². The first-order valence-corrected chi connectivity index (χ1v) is 9.82. The van der Waals surface area contributed by atoms with Gasteiger partial charge in [-0.1, -0.05) is 0 Å². The van der Waals surface area contributed by atoms with Gasteiger partial charge in [0, 0.05) is 6.54 Å². The number of hydrogen-bond donors (Lipinski definition) is 1. The van der Waals surface area contributed by atoms with E-state index < -0.39 is 0 Å². The van der Waals surface area contributed by atoms with E-state index >= 15 is 0 Å². The molecule has 1 aliphatic rings. The number of ether oxygens (including phenoxy) is 3. The van der Waals surface area contributed by atoms with Crippen LogP contribution in [0.15, 0.2) is 18.2 Å². The van der Waals surface area contributed by atoms with Gasteiger partial charge in [0.05, 0.1) is 26.4 Å². The minimum Gasteiger partial charge on any atom is -0.496 e. The van der Waals surface area contributed by atoms with E-state index in [0.717, 1.165) is 30.2 Å². The molecule has 0 spiro atoms. The lowest BCUT2D eigenvalue weighted by atomic mass is 9.84. The molecular weight excluding hydrogens is 338 g/mol. The molecule has 0 aliphatic carbocycles. The summed E-state index contributed by atoms with van der Waals surface area (Å²) in [5, 5.41) is 3.72. The van der Waals surface area contributed by atoms with Gasteiger partial charge in [-0.15, -0.1) is 0 Å². The van der Waals surface area contributed by atoms with Crippen LogP contribution >= 0.6 is 0 Å². The van der Waals surface area contributed by atoms with Crippen LogP contribution in [0, 0.1) is 20.8 Å². The summed E-state index contributed by atoms with van der Waals surface area (Å²) in [6, 6.07) is 6.62. The molecule has 0 aromatic heterocycles. The largest absolute Gasteiger partial charge is 0.496 e. The van der Waals surface area contributed by atoms with Crippen molar-refractivity contribution in [3.8, 4) is 17.2 Å². The van der Waals surface area contributed by atoms with E-state index in [1.807, 2.05) is 13.8 Å². The highest BCUT2D eigenvalue weighted by atomic mass is 16.5. The number of rotatable bonds is 6. The smallest absolute Gasteiger partial charge is 0.161 e. The Morgan fingerprint density at radius 1 is 0.926 bits per heavy atom. The molecule has 0 bridgehead atoms. The molecular formula is C23H31NO3. The molecule has 0 amide bonds. The van der Waals surface area contributed by atoms with Crippen molar-refractivity contribution >= 4 is 0 Å². The Labute approximate surface area is 162 Å². The Hall–Kier alpha value is -2.20. The lowest BCUT2D eigenvalue weighted by Crippen LogP contribution is -2.32. The fourth-order valence-corrected chi connectivity index (χ4v) is 4.08. The van der Waals surface area contributed by atoms with E-state index in [1.165, 1.54) is 33.4 Å². The van der Waals surface area contributed by atoms with Crippen LogP contribution in [0.5, 0.6) is 17.2 Å². The molecule has 146 valence electrons. The zero-order valence-corrected chi connectivity index (χ0v) is 17.4. The number of benzene rings is 2. The van der Waals surface area contributed by atoms with Crippen LogP contribution in [0.2, 0.25) is 0 Å². The molecule has 1 aliphatic heterocycles. The topological polar surface area (TPSA) is 39.7 Å². The molecule has 4 heteroatoms. The second kappa shape index (κ2) is 8.22. The normalized spacial score (nSPS) is 16.0. The molecule has 27 heavy (non-hydrogen) atoms. The molecule has 1 heterocycles. The van der Waals surface area contributed by atoms with Gasteiger partial charge in [0.1, 0.15) is 5.75 Å². The molecule has 0 fully saturated rings. The van der Waals surface area contributed by atoms with Crippen LogP contribution in [0.4, 0.5) is 0 Å². The van der Waals surface area contributed by atoms with Crippen molar-refractivity contribution in [3.05, 3.63) is 51.6 Å². The Balaban J connectivity index is 2.14. The van der Waals surface area contributed by atoms with E-state index in [9.17, 15) is 0 Å². The summed E-state index contributed by atoms with van der Waals surface area (Å²) in [6.45, 7) is 12.7. The predicted octanol–water partition coefficient (Wildman–Crippen LogP) is 4.65. The van der Waals surface area contributed by atoms with Crippen LogP contribution in [0.1, 0.15) is 53.3 Å². The second-order valence-corrected chi connectivity index (χ2v) is 7.06. The number of hydrogen-bond acceptors (Lipinski definition) is 4. The Morgan fingerprint density at radius 2 is 1.59 bits per heavy atom. The third-order valence-corrected chi connectivity index (χ3v) is 5.48. The molecule has 4 nitrogen and oxygen atoms in total. The fraction of sp³-hybridized carbons (Fsp3) is 0.478. The summed E-state index contributed by atoms with van der Waals surface area (Å²) in [5.74, 6) is 2.62. The second-order valence-electron chi connectivity index (χ2n) is 7.06. The van der Waals surface area contributed by atoms with E-state index in [0.29, 0.717) is 13.2 Å². The van der Waals surface area contributed by atoms with Crippen LogP contribution < -0.4 is 19.5 Å². The van der Waals surface area contributed by atoms with Crippen molar-refractivity contribution < 1.29 is 14.2 Å². The predicted molar refractivity (Wildman–Crippen MR) is 110 cm³/mol. The summed E-state index contributed by atoms with van der Waals surface area (Å²) in [6.07, 6.45) is 0.992. The summed E-state index contributed by atoms with van der Waals surface area (Å²) >= 11 is 0. The Morgan fingerprint density at radius 3 is 2.22 bits per heavy atom. The number of nitrogens with one attached hydrogen (secondary N) is 1. The minimum atomic E-state index is 0.147. The van der Waals surface area contributed by atoms with E-state index in [2.05, 4.69) is 44.3 Å². The van der Waals surface area contributed by atoms with Gasteiger partial charge in [0.15, 0.2) is 11.5 Å². The van der Waals surface area contributed by atoms with E-state index in [-0.39, 0.29) is 6.04 Å². The summed E-state index contributed by atoms with van der Waals surface area (Å²) < 4.78 is 17.3. The molecule has 0 saturated heterocycles. The Kier molecular flexibility index (Phi) is 5.95. The zero-order valence-electron chi connectivity index (χ0n) is 17.4. The first-order valence-electron chi connectivity index (χ1n) is 9.82. The van der Waals surface area contributed by atoms with Crippen molar-refractivity contribution in [1.29, 1.82) is 0 Å². The van der Waals surface area contributed by atoms with Gasteiger partial charge in [0.25, 0.3) is 0 Å². The molecule has 1 N–H and O–H groups in total. The highest BCUT2D eigenvalue weighted by Crippen LogP contribution is 2.41. The van der Waals surface area contributed by atoms with Gasteiger partial charge in [-0.25, -0.2) is 0 Å². The van der Waals surface area contributed by atoms with Crippen LogP contribution in [-0.2, 0) is 6.42 Å². The van der Waals surface area contributed by atoms with Crippen LogP contribution in [-0.4, -0.2) is 26.9 Å². The van der Waals surface area contributed by atoms with Gasteiger partial charge in [-0.05, 0) is 92.6 Å². The van der Waals surface area contributed by atoms with Crippen molar-refractivity contribution in [2.24, 2.45) is 0 Å². The lowest BCUT2D eigenvalue weighted by molar-refractivity contribution is 0.286. The Bertz CT molecular complexity index is 829. The van der Waals surface area contributed by atoms with Gasteiger partial charge in [-0.2, -0.15) is 0 Å². The quantitative estimate of drug-likeness (QED) is 0.804. The van der Waals surface area contributed by atoms with Crippen LogP contribution in [0.25, 0.3) is 0 Å². The molecule has 2 aromatic rings. The number of methoxy groups -OCH3 is 1. The SMILES string of the molecule is CCOc1cc2c(cc1OCC)C(c1c(C)cc(OC)c(C)c1C)NCC2. The van der Waals surface area contributed by atoms with Crippen molar-refractivity contribution in [2.45, 2.75) is 47.1 Å². The maximum absolute atomic E-state index is 5.89. The molecule has 0 radical (unpaired) electrons. The van der Waals surface area contributed by atoms with E-state index in [1.54, 1.807) is 7.11 Å². The summed E-state index contributed by atoms with van der Waals surface area (Å²) in [5.41, 5.74) is 7.67. The van der Waals surface area contributed by atoms with Gasteiger partial charge in [0.2, 0.25) is 0 Å². The molecule has 1 atom stereocenters. The average Bonchev–Trinajstić information content (AvgIpc) is 2.66. The zero-order chi connectivity index (χ0) is 19.6. The fourth-order valence-electron chi connectivity index (χ4n) is 4.08. The molecule has 1 unspecified atom stereocenters. The molecule has 3 rings (SSSR count). The van der Waals surface area contributed by atoms with Gasteiger partial charge >= 0.3 is 0 Å². The summed E-state index contributed by atoms with van der Waals surface area (Å²) in [7, 11) is 1.73. The molecule has 2 aromatic carbocycles. The maximum Gasteiger partial charge on any atom is 0.161 e. The monoisotopic (exact) mass is 369 g/mol. The number of aryl methyl sites for hydroxylation is 1. The highest BCUT2D eigenvalue weighted by Gasteiger charge is 2.27. The average molecular weight is 370 g/mol. The van der Waals surface area contributed by atoms with Crippen molar-refractivity contribution in [3.63, 3.8) is 0 Å². The lowest BCUT2D eigenvalue weighted by Gasteiger charge is -2.31. The van der Waals surface area contributed by atoms with Gasteiger partial charge in [-0.3, -0.25) is 0 Å². The van der Waals surface area contributed by atoms with Crippen molar-refractivity contribution in [2.75, 3.05) is 26.9 Å². The number of fused-ring (bicyclic) bond motifs is 1. The third kappa shape index (κ3) is 3.63. The first-order chi connectivity index (χ1) is 13.0. The standard InChI is InChI=1S/C23H31NO3/c1-7-26-20-12-17-9-10-24-23(18(17)13-21(20)27-8-2)22-14(3)11-19(25-6)15(4)16(22)5/h11-13,23-24H,7-10H2,1-6H3. The summed E-state index contributed by atoms with van der Waals surface area (Å²) in [4.78, 5) is 0. The minimum absolute atomic E-state index is 0.147. The first kappa shape index (κ1) is 19.6. The van der Waals surface area contributed by atoms with Crippen LogP contribution in [0.3, 0.4) is 0 Å². The molecule has 0 saturated carbocycles. The third-order valence-electron chi connectivity index (χ3n) is 5.48.